The summed E-state index contributed by atoms with van der Waals surface area (Å²) in [6.45, 7) is 2.57. The van der Waals surface area contributed by atoms with E-state index in [0.717, 1.165) is 14.3 Å². The molecule has 0 aromatic carbocycles. The van der Waals surface area contributed by atoms with Crippen molar-refractivity contribution >= 4 is 33.9 Å². The summed E-state index contributed by atoms with van der Waals surface area (Å²) >= 11 is 6.46. The quantitative estimate of drug-likeness (QED) is 0.778. The predicted molar refractivity (Wildman–Crippen MR) is 56.0 cm³/mol. The number of aromatic nitrogens is 2. The minimum absolute atomic E-state index is 0.633. The molecule has 0 unspecified atom stereocenters. The second kappa shape index (κ2) is 3.43. The Kier molecular flexibility index (Phi) is 2.28. The van der Waals surface area contributed by atoms with Crippen LogP contribution in [0.5, 0.6) is 5.88 Å². The van der Waals surface area contributed by atoms with E-state index in [9.17, 15) is 0 Å². The van der Waals surface area contributed by atoms with Crippen molar-refractivity contribution in [2.45, 2.75) is 6.92 Å². The lowest BCUT2D eigenvalue weighted by molar-refractivity contribution is 0.328. The summed E-state index contributed by atoms with van der Waals surface area (Å²) in [5.74, 6) is 0.653. The molecule has 0 bridgehead atoms. The molecule has 1 N–H and O–H groups in total. The molecule has 0 spiro atoms. The molecular formula is C8H8N2OS2. The van der Waals surface area contributed by atoms with Crippen LogP contribution >= 0.6 is 23.6 Å². The van der Waals surface area contributed by atoms with E-state index in [2.05, 4.69) is 9.97 Å². The lowest BCUT2D eigenvalue weighted by Crippen LogP contribution is -1.93. The molecule has 0 atom stereocenters. The van der Waals surface area contributed by atoms with Crippen molar-refractivity contribution in [3.63, 3.8) is 0 Å². The van der Waals surface area contributed by atoms with Crippen molar-refractivity contribution in [2.75, 3.05) is 6.61 Å². The zero-order chi connectivity index (χ0) is 9.26. The van der Waals surface area contributed by atoms with Crippen LogP contribution in [-0.2, 0) is 0 Å². The molecule has 0 aliphatic carbocycles. The highest BCUT2D eigenvalue weighted by Crippen LogP contribution is 2.20. The molecule has 3 nitrogen and oxygen atoms in total. The van der Waals surface area contributed by atoms with Crippen LogP contribution in [-0.4, -0.2) is 16.6 Å². The molecule has 0 radical (unpaired) electrons. The molecule has 0 fully saturated rings. The van der Waals surface area contributed by atoms with Gasteiger partial charge in [-0.1, -0.05) is 11.3 Å². The minimum atomic E-state index is 0.633. The summed E-state index contributed by atoms with van der Waals surface area (Å²) < 4.78 is 6.02. The third-order valence-electron chi connectivity index (χ3n) is 1.55. The van der Waals surface area contributed by atoms with Crippen molar-refractivity contribution in [2.24, 2.45) is 0 Å². The fourth-order valence-electron chi connectivity index (χ4n) is 1.05. The number of nitrogens with one attached hydrogen (secondary N) is 1. The van der Waals surface area contributed by atoms with E-state index in [-0.39, 0.29) is 0 Å². The Morgan fingerprint density at radius 3 is 3.23 bits per heavy atom. The molecule has 0 saturated heterocycles. The first kappa shape index (κ1) is 8.65. The summed E-state index contributed by atoms with van der Waals surface area (Å²) in [6.07, 6.45) is 0. The molecular weight excluding hydrogens is 204 g/mol. The van der Waals surface area contributed by atoms with Crippen LogP contribution < -0.4 is 4.74 Å². The Morgan fingerprint density at radius 1 is 1.62 bits per heavy atom. The topological polar surface area (TPSA) is 37.9 Å². The number of fused-ring (bicyclic) bond motifs is 1. The van der Waals surface area contributed by atoms with Gasteiger partial charge in [-0.3, -0.25) is 0 Å². The van der Waals surface area contributed by atoms with E-state index in [0.29, 0.717) is 12.5 Å². The Labute approximate surface area is 84.4 Å². The number of H-pyrrole nitrogens is 1. The van der Waals surface area contributed by atoms with Gasteiger partial charge in [0.15, 0.2) is 3.95 Å². The average molecular weight is 212 g/mol. The van der Waals surface area contributed by atoms with Gasteiger partial charge in [-0.25, -0.2) is 4.98 Å². The maximum absolute atomic E-state index is 5.27. The van der Waals surface area contributed by atoms with E-state index in [1.807, 2.05) is 19.1 Å². The lowest BCUT2D eigenvalue weighted by atomic mass is 10.4. The monoisotopic (exact) mass is 212 g/mol. The number of pyridine rings is 1. The minimum Gasteiger partial charge on any atom is -0.478 e. The summed E-state index contributed by atoms with van der Waals surface area (Å²) in [5, 5.41) is 0. The third-order valence-corrected chi connectivity index (χ3v) is 2.70. The van der Waals surface area contributed by atoms with Crippen LogP contribution in [0.3, 0.4) is 0 Å². The molecule has 0 saturated carbocycles. The van der Waals surface area contributed by atoms with E-state index >= 15 is 0 Å². The van der Waals surface area contributed by atoms with E-state index in [1.165, 1.54) is 11.3 Å². The van der Waals surface area contributed by atoms with E-state index in [1.54, 1.807) is 0 Å². The molecule has 2 aromatic rings. The Balaban J connectivity index is 2.54. The standard InChI is InChI=1S/C8H8N2OS2/c1-2-11-6-4-3-5-7(10-6)13-8(12)9-5/h3-4H,2H2,1H3,(H,9,12). The average Bonchev–Trinajstić information content (AvgIpc) is 2.44. The van der Waals surface area contributed by atoms with Gasteiger partial charge < -0.3 is 9.72 Å². The molecule has 0 amide bonds. The number of ether oxygens (including phenoxy) is 1. The number of hydrogen-bond donors (Lipinski definition) is 1. The van der Waals surface area contributed by atoms with Crippen molar-refractivity contribution < 1.29 is 4.74 Å². The SMILES string of the molecule is CCOc1ccc2[nH]c(=S)sc2n1. The molecule has 5 heteroatoms. The first-order valence-corrected chi connectivity index (χ1v) is 5.14. The van der Waals surface area contributed by atoms with Crippen LogP contribution in [0.1, 0.15) is 6.92 Å². The second-order valence-corrected chi connectivity index (χ2v) is 4.12. The molecule has 0 aliphatic heterocycles. The first-order valence-electron chi connectivity index (χ1n) is 3.92. The highest BCUT2D eigenvalue weighted by Gasteiger charge is 2.00. The van der Waals surface area contributed by atoms with Gasteiger partial charge in [0, 0.05) is 6.07 Å². The summed E-state index contributed by atoms with van der Waals surface area (Å²) in [7, 11) is 0. The predicted octanol–water partition coefficient (Wildman–Crippen LogP) is 2.75. The van der Waals surface area contributed by atoms with Crippen LogP contribution in [0.15, 0.2) is 12.1 Å². The fraction of sp³-hybridized carbons (Fsp3) is 0.250. The van der Waals surface area contributed by atoms with Gasteiger partial charge in [0.25, 0.3) is 0 Å². The van der Waals surface area contributed by atoms with Gasteiger partial charge in [-0.2, -0.15) is 0 Å². The fourth-order valence-corrected chi connectivity index (χ4v) is 2.10. The van der Waals surface area contributed by atoms with Gasteiger partial charge in [0.2, 0.25) is 5.88 Å². The van der Waals surface area contributed by atoms with E-state index in [4.69, 9.17) is 17.0 Å². The van der Waals surface area contributed by atoms with Crippen LogP contribution in [0.4, 0.5) is 0 Å². The number of thiazole rings is 1. The van der Waals surface area contributed by atoms with Crippen LogP contribution in [0.25, 0.3) is 10.3 Å². The second-order valence-electron chi connectivity index (χ2n) is 2.45. The number of rotatable bonds is 2. The van der Waals surface area contributed by atoms with Gasteiger partial charge in [-0.05, 0) is 25.2 Å². The molecule has 68 valence electrons. The maximum atomic E-state index is 5.27. The van der Waals surface area contributed by atoms with Crippen molar-refractivity contribution in [1.82, 2.24) is 9.97 Å². The molecule has 2 aromatic heterocycles. The number of hydrogen-bond acceptors (Lipinski definition) is 4. The van der Waals surface area contributed by atoms with Gasteiger partial charge in [-0.15, -0.1) is 0 Å². The van der Waals surface area contributed by atoms with Crippen molar-refractivity contribution in [3.05, 3.63) is 16.1 Å². The summed E-state index contributed by atoms with van der Waals surface area (Å²) in [6, 6.07) is 3.77. The number of nitrogens with zero attached hydrogens (tertiary/aromatic N) is 1. The molecule has 13 heavy (non-hydrogen) atoms. The smallest absolute Gasteiger partial charge is 0.214 e. The Morgan fingerprint density at radius 2 is 2.46 bits per heavy atom. The number of aromatic amines is 1. The largest absolute Gasteiger partial charge is 0.478 e. The highest BCUT2D eigenvalue weighted by molar-refractivity contribution is 7.73. The Hall–Kier alpha value is -0.940. The van der Waals surface area contributed by atoms with Crippen molar-refractivity contribution in [3.8, 4) is 5.88 Å². The van der Waals surface area contributed by atoms with Crippen LogP contribution in [0.2, 0.25) is 0 Å². The lowest BCUT2D eigenvalue weighted by Gasteiger charge is -1.99. The molecule has 2 heterocycles. The van der Waals surface area contributed by atoms with E-state index < -0.39 is 0 Å². The first-order chi connectivity index (χ1) is 6.29. The van der Waals surface area contributed by atoms with Gasteiger partial charge >= 0.3 is 0 Å². The Bertz CT molecular complexity index is 474. The zero-order valence-corrected chi connectivity index (χ0v) is 8.67. The zero-order valence-electron chi connectivity index (χ0n) is 7.03. The summed E-state index contributed by atoms with van der Waals surface area (Å²) in [4.78, 5) is 8.23. The van der Waals surface area contributed by atoms with Gasteiger partial charge in [0.1, 0.15) is 4.83 Å². The molecule has 2 rings (SSSR count). The highest BCUT2D eigenvalue weighted by atomic mass is 32.1. The third kappa shape index (κ3) is 1.71. The van der Waals surface area contributed by atoms with Crippen LogP contribution in [0, 0.1) is 3.95 Å². The van der Waals surface area contributed by atoms with Crippen molar-refractivity contribution in [1.29, 1.82) is 0 Å². The molecule has 0 aliphatic rings. The van der Waals surface area contributed by atoms with Gasteiger partial charge in [0.05, 0.1) is 12.1 Å². The maximum Gasteiger partial charge on any atom is 0.214 e. The summed E-state index contributed by atoms with van der Waals surface area (Å²) in [5.41, 5.74) is 0.971. The normalized spacial score (nSPS) is 10.5.